The van der Waals surface area contributed by atoms with Crippen LogP contribution in [0.4, 0.5) is 0 Å². The minimum Gasteiger partial charge on any atom is -0.479 e. The van der Waals surface area contributed by atoms with E-state index in [0.29, 0.717) is 36.0 Å². The molecule has 0 aromatic heterocycles. The Balaban J connectivity index is 1.36. The molecule has 3 saturated carbocycles. The number of aliphatic hydroxyl groups is 3. The molecule has 3 N–H and O–H groups in total. The van der Waals surface area contributed by atoms with Gasteiger partial charge in [-0.05, 0) is 91.9 Å². The molecule has 6 heteroatoms. The quantitative estimate of drug-likeness (QED) is 0.496. The summed E-state index contributed by atoms with van der Waals surface area (Å²) in [5, 5.41) is 32.8. The zero-order valence-corrected chi connectivity index (χ0v) is 22.7. The van der Waals surface area contributed by atoms with Gasteiger partial charge in [-0.3, -0.25) is 4.79 Å². The highest BCUT2D eigenvalue weighted by atomic mass is 16.6. The topological polar surface area (TPSA) is 96.2 Å². The summed E-state index contributed by atoms with van der Waals surface area (Å²) in [5.41, 5.74) is 0.249. The lowest BCUT2D eigenvalue weighted by atomic mass is 9.42. The minimum absolute atomic E-state index is 0.00308. The van der Waals surface area contributed by atoms with Crippen LogP contribution >= 0.6 is 0 Å². The molecule has 3 fully saturated rings. The standard InChI is InChI=1S/C30H44O6/c1-16(21-14-24(32)28(4,5)36-21)20-10-8-17(26(34)35-20)18-9-11-23-29(18,6)13-12-22-27(2,3)25(33)19(31)15-30(22,23)7/h8,14,18-20,22-23,25-26,31,33-34H,1,9-13,15H2,2-7H3/t18-,19+,20-,22-,23-,25-,26+,29-,30-/m1/s1. The third-order valence-corrected chi connectivity index (χ3v) is 11.0. The maximum atomic E-state index is 12.2. The van der Waals surface area contributed by atoms with Crippen molar-refractivity contribution in [3.63, 3.8) is 0 Å². The number of ketones is 1. The summed E-state index contributed by atoms with van der Waals surface area (Å²) in [7, 11) is 0. The lowest BCUT2D eigenvalue weighted by Gasteiger charge is -2.64. The SMILES string of the molecule is C=C(C1=CC(=O)C(C)(C)O1)[C@H]1CC=C([C@H]2CC[C@@H]3[C@]2(C)CC[C@@H]2C(C)(C)[C@H](O)[C@@H](O)C[C@@]32C)[C@@H](O)O1. The lowest BCUT2D eigenvalue weighted by molar-refractivity contribution is -0.209. The third-order valence-electron chi connectivity index (χ3n) is 11.0. The van der Waals surface area contributed by atoms with Crippen LogP contribution in [0.25, 0.3) is 0 Å². The molecule has 0 radical (unpaired) electrons. The average Bonchev–Trinajstić information content (AvgIpc) is 3.27. The molecular weight excluding hydrogens is 456 g/mol. The largest absolute Gasteiger partial charge is 0.479 e. The number of hydrogen-bond acceptors (Lipinski definition) is 6. The molecule has 3 aliphatic carbocycles. The molecule has 0 aromatic rings. The van der Waals surface area contributed by atoms with E-state index in [2.05, 4.69) is 40.3 Å². The molecule has 0 bridgehead atoms. The fourth-order valence-corrected chi connectivity index (χ4v) is 9.15. The zero-order valence-electron chi connectivity index (χ0n) is 22.7. The van der Waals surface area contributed by atoms with Crippen LogP contribution in [-0.4, -0.2) is 51.3 Å². The third kappa shape index (κ3) is 3.62. The second-order valence-electron chi connectivity index (χ2n) is 13.8. The molecule has 5 rings (SSSR count). The van der Waals surface area contributed by atoms with E-state index in [9.17, 15) is 20.1 Å². The van der Waals surface area contributed by atoms with Crippen LogP contribution in [0.2, 0.25) is 0 Å². The van der Waals surface area contributed by atoms with Crippen LogP contribution < -0.4 is 0 Å². The van der Waals surface area contributed by atoms with Gasteiger partial charge in [-0.1, -0.05) is 40.3 Å². The van der Waals surface area contributed by atoms with E-state index in [0.717, 1.165) is 31.3 Å². The summed E-state index contributed by atoms with van der Waals surface area (Å²) in [4.78, 5) is 12.2. The lowest BCUT2D eigenvalue weighted by Crippen LogP contribution is -2.62. The first-order chi connectivity index (χ1) is 16.6. The molecule has 0 unspecified atom stereocenters. The first-order valence-electron chi connectivity index (χ1n) is 13.7. The van der Waals surface area contributed by atoms with Crippen molar-refractivity contribution in [3.05, 3.63) is 35.6 Å². The summed E-state index contributed by atoms with van der Waals surface area (Å²) in [6.07, 6.45) is 6.02. The molecule has 2 aliphatic heterocycles. The summed E-state index contributed by atoms with van der Waals surface area (Å²) in [6, 6.07) is 0. The van der Waals surface area contributed by atoms with Gasteiger partial charge in [0.2, 0.25) is 5.78 Å². The Morgan fingerprint density at radius 3 is 2.31 bits per heavy atom. The maximum absolute atomic E-state index is 12.2. The molecule has 0 spiro atoms. The number of carbonyl (C=O) groups excluding carboxylic acids is 1. The Morgan fingerprint density at radius 1 is 1.00 bits per heavy atom. The van der Waals surface area contributed by atoms with E-state index in [1.165, 1.54) is 6.08 Å². The maximum Gasteiger partial charge on any atom is 0.202 e. The molecule has 0 aromatic carbocycles. The summed E-state index contributed by atoms with van der Waals surface area (Å²) < 4.78 is 11.9. The predicted molar refractivity (Wildman–Crippen MR) is 137 cm³/mol. The molecule has 2 heterocycles. The Hall–Kier alpha value is -1.47. The van der Waals surface area contributed by atoms with Gasteiger partial charge in [0.15, 0.2) is 11.9 Å². The van der Waals surface area contributed by atoms with Crippen molar-refractivity contribution >= 4 is 5.78 Å². The highest BCUT2D eigenvalue weighted by Gasteiger charge is 2.65. The van der Waals surface area contributed by atoms with E-state index < -0.39 is 30.2 Å². The number of carbonyl (C=O) groups is 1. The fourth-order valence-electron chi connectivity index (χ4n) is 9.15. The van der Waals surface area contributed by atoms with Gasteiger partial charge in [0.25, 0.3) is 0 Å². The molecule has 6 nitrogen and oxygen atoms in total. The van der Waals surface area contributed by atoms with Crippen molar-refractivity contribution in [2.24, 2.45) is 34.0 Å². The van der Waals surface area contributed by atoms with Gasteiger partial charge in [-0.15, -0.1) is 0 Å². The highest BCUT2D eigenvalue weighted by Crippen LogP contribution is 2.70. The van der Waals surface area contributed by atoms with Crippen molar-refractivity contribution in [1.82, 2.24) is 0 Å². The summed E-state index contributed by atoms with van der Waals surface area (Å²) in [6.45, 7) is 16.5. The van der Waals surface area contributed by atoms with Gasteiger partial charge in [0.1, 0.15) is 5.76 Å². The van der Waals surface area contributed by atoms with Gasteiger partial charge in [0, 0.05) is 11.6 Å². The van der Waals surface area contributed by atoms with E-state index in [4.69, 9.17) is 9.47 Å². The molecule has 0 saturated heterocycles. The first-order valence-corrected chi connectivity index (χ1v) is 13.7. The van der Waals surface area contributed by atoms with Crippen LogP contribution in [0.15, 0.2) is 35.6 Å². The Labute approximate surface area is 215 Å². The minimum atomic E-state index is -1.02. The van der Waals surface area contributed by atoms with E-state index in [1.54, 1.807) is 13.8 Å². The zero-order chi connectivity index (χ0) is 26.4. The number of fused-ring (bicyclic) bond motifs is 3. The van der Waals surface area contributed by atoms with Crippen molar-refractivity contribution in [2.75, 3.05) is 0 Å². The first kappa shape index (κ1) is 26.1. The second kappa shape index (κ2) is 8.26. The molecule has 200 valence electrons. The van der Waals surface area contributed by atoms with Gasteiger partial charge in [-0.25, -0.2) is 0 Å². The fraction of sp³-hybridized carbons (Fsp3) is 0.767. The van der Waals surface area contributed by atoms with Crippen molar-refractivity contribution < 1.29 is 29.6 Å². The van der Waals surface area contributed by atoms with Crippen LogP contribution in [0.3, 0.4) is 0 Å². The molecule has 36 heavy (non-hydrogen) atoms. The molecular formula is C30H44O6. The smallest absolute Gasteiger partial charge is 0.202 e. The predicted octanol–water partition coefficient (Wildman–Crippen LogP) is 4.44. The van der Waals surface area contributed by atoms with Crippen molar-refractivity contribution in [3.8, 4) is 0 Å². The van der Waals surface area contributed by atoms with Crippen LogP contribution in [-0.2, 0) is 14.3 Å². The van der Waals surface area contributed by atoms with Gasteiger partial charge in [0.05, 0.1) is 18.3 Å². The second-order valence-corrected chi connectivity index (χ2v) is 13.8. The molecule has 0 amide bonds. The Bertz CT molecular complexity index is 1020. The summed E-state index contributed by atoms with van der Waals surface area (Å²) >= 11 is 0. The monoisotopic (exact) mass is 500 g/mol. The van der Waals surface area contributed by atoms with E-state index >= 15 is 0 Å². The van der Waals surface area contributed by atoms with Gasteiger partial charge < -0.3 is 24.8 Å². The van der Waals surface area contributed by atoms with Crippen LogP contribution in [0.5, 0.6) is 0 Å². The van der Waals surface area contributed by atoms with Crippen LogP contribution in [0, 0.1) is 34.0 Å². The highest BCUT2D eigenvalue weighted by molar-refractivity contribution is 5.99. The van der Waals surface area contributed by atoms with Gasteiger partial charge in [-0.2, -0.15) is 0 Å². The van der Waals surface area contributed by atoms with Crippen LogP contribution in [0.1, 0.15) is 80.1 Å². The average molecular weight is 501 g/mol. The van der Waals surface area contributed by atoms with Crippen molar-refractivity contribution in [2.45, 2.75) is 110 Å². The number of rotatable bonds is 3. The Kier molecular flexibility index (Phi) is 6.00. The Morgan fingerprint density at radius 2 is 1.69 bits per heavy atom. The molecule has 9 atom stereocenters. The number of ether oxygens (including phenoxy) is 2. The number of hydrogen-bond donors (Lipinski definition) is 3. The van der Waals surface area contributed by atoms with E-state index in [1.807, 2.05) is 0 Å². The molecule has 5 aliphatic rings. The van der Waals surface area contributed by atoms with Crippen molar-refractivity contribution in [1.29, 1.82) is 0 Å². The summed E-state index contributed by atoms with van der Waals surface area (Å²) in [5.74, 6) is 1.31. The number of aliphatic hydroxyl groups excluding tert-OH is 3. The van der Waals surface area contributed by atoms with Gasteiger partial charge >= 0.3 is 0 Å². The normalized spacial score (nSPS) is 47.4. The van der Waals surface area contributed by atoms with E-state index in [-0.39, 0.29) is 27.9 Å².